The van der Waals surface area contributed by atoms with Gasteiger partial charge >= 0.3 is 17.8 Å². The third kappa shape index (κ3) is 4.93. The highest BCUT2D eigenvalue weighted by molar-refractivity contribution is 5.86. The number of alkyl halides is 3. The molecule has 3 aromatic rings. The molecule has 3 heterocycles. The first-order valence-electron chi connectivity index (χ1n) is 12.2. The number of anilines is 1. The molecule has 0 saturated carbocycles. The molecule has 200 valence electrons. The van der Waals surface area contributed by atoms with Crippen LogP contribution in [0.2, 0.25) is 0 Å². The van der Waals surface area contributed by atoms with E-state index in [1.54, 1.807) is 18.0 Å². The molecule has 1 N–H and O–H groups in total. The highest BCUT2D eigenvalue weighted by atomic mass is 19.4. The van der Waals surface area contributed by atoms with Gasteiger partial charge in [0.2, 0.25) is 0 Å². The standard InChI is InChI=1S/C26H27F3N6O3/c1-4-18-14-35(23-21-20(33(3)25(38)32-23)11-10-17(12-30)31-21)19(5-2)13-34(18)22(24(36)37)15-6-8-16(9-7-15)26(27,28)29/h6-11,18-19,22H,4-5,13-14H2,1-3H3,(H,36,37)/t18-,19?,22?/m1/s1. The van der Waals surface area contributed by atoms with Crippen molar-refractivity contribution < 1.29 is 23.1 Å². The Bertz CT molecular complexity index is 1450. The molecule has 1 aliphatic rings. The number of pyridine rings is 1. The van der Waals surface area contributed by atoms with Crippen molar-refractivity contribution in [3.8, 4) is 6.07 Å². The van der Waals surface area contributed by atoms with Crippen molar-refractivity contribution in [2.45, 2.75) is 51.0 Å². The van der Waals surface area contributed by atoms with Crippen LogP contribution >= 0.6 is 0 Å². The number of hydrogen-bond donors (Lipinski definition) is 1. The number of benzene rings is 1. The van der Waals surface area contributed by atoms with Crippen molar-refractivity contribution in [3.05, 3.63) is 63.7 Å². The summed E-state index contributed by atoms with van der Waals surface area (Å²) >= 11 is 0. The van der Waals surface area contributed by atoms with E-state index in [2.05, 4.69) is 9.97 Å². The second-order valence-electron chi connectivity index (χ2n) is 9.29. The molecule has 2 aromatic heterocycles. The van der Waals surface area contributed by atoms with E-state index in [1.807, 2.05) is 24.8 Å². The van der Waals surface area contributed by atoms with Crippen LogP contribution in [0.1, 0.15) is 49.6 Å². The monoisotopic (exact) mass is 528 g/mol. The van der Waals surface area contributed by atoms with Gasteiger partial charge in [-0.1, -0.05) is 26.0 Å². The number of carboxylic acid groups (broad SMARTS) is 1. The lowest BCUT2D eigenvalue weighted by Gasteiger charge is -2.48. The molecule has 1 saturated heterocycles. The fourth-order valence-corrected chi connectivity index (χ4v) is 5.06. The Morgan fingerprint density at radius 2 is 1.76 bits per heavy atom. The smallest absolute Gasteiger partial charge is 0.416 e. The molecule has 1 aliphatic heterocycles. The lowest BCUT2D eigenvalue weighted by Crippen LogP contribution is -2.60. The van der Waals surface area contributed by atoms with Crippen molar-refractivity contribution in [2.75, 3.05) is 18.0 Å². The van der Waals surface area contributed by atoms with Crippen LogP contribution in [-0.2, 0) is 18.0 Å². The average molecular weight is 529 g/mol. The van der Waals surface area contributed by atoms with Crippen LogP contribution in [0.3, 0.4) is 0 Å². The number of nitrogens with zero attached hydrogens (tertiary/aromatic N) is 6. The average Bonchev–Trinajstić information content (AvgIpc) is 2.89. The predicted octanol–water partition coefficient (Wildman–Crippen LogP) is 3.72. The fourth-order valence-electron chi connectivity index (χ4n) is 5.06. The van der Waals surface area contributed by atoms with Gasteiger partial charge < -0.3 is 10.0 Å². The van der Waals surface area contributed by atoms with Gasteiger partial charge in [-0.3, -0.25) is 14.3 Å². The van der Waals surface area contributed by atoms with Crippen molar-refractivity contribution >= 4 is 22.8 Å². The number of nitriles is 1. The SMILES string of the molecule is CCC1CN(C(C(=O)O)c2ccc(C(F)(F)F)cc2)[C@H](CC)CN1c1nc(=O)n(C)c2ccc(C#N)nc12. The van der Waals surface area contributed by atoms with Gasteiger partial charge in [0.25, 0.3) is 0 Å². The molecule has 0 bridgehead atoms. The van der Waals surface area contributed by atoms with Crippen LogP contribution in [0, 0.1) is 11.3 Å². The number of hydrogen-bond acceptors (Lipinski definition) is 7. The minimum atomic E-state index is -4.52. The van der Waals surface area contributed by atoms with Crippen molar-refractivity contribution in [1.82, 2.24) is 19.4 Å². The fraction of sp³-hybridized carbons (Fsp3) is 0.423. The first kappa shape index (κ1) is 27.1. The Morgan fingerprint density at radius 1 is 1.11 bits per heavy atom. The van der Waals surface area contributed by atoms with Gasteiger partial charge in [0.1, 0.15) is 23.3 Å². The van der Waals surface area contributed by atoms with E-state index in [4.69, 9.17) is 0 Å². The number of aliphatic carboxylic acids is 1. The Hall–Kier alpha value is -3.98. The van der Waals surface area contributed by atoms with E-state index in [1.165, 1.54) is 22.8 Å². The second-order valence-corrected chi connectivity index (χ2v) is 9.29. The molecule has 12 heteroatoms. The van der Waals surface area contributed by atoms with E-state index in [0.717, 1.165) is 12.1 Å². The molecule has 0 amide bonds. The van der Waals surface area contributed by atoms with Crippen molar-refractivity contribution in [2.24, 2.45) is 7.05 Å². The minimum absolute atomic E-state index is 0.172. The van der Waals surface area contributed by atoms with Gasteiger partial charge in [-0.05, 0) is 42.7 Å². The summed E-state index contributed by atoms with van der Waals surface area (Å²) in [7, 11) is 1.57. The largest absolute Gasteiger partial charge is 0.480 e. The number of carboxylic acids is 1. The summed E-state index contributed by atoms with van der Waals surface area (Å²) in [5, 5.41) is 19.5. The van der Waals surface area contributed by atoms with E-state index in [-0.39, 0.29) is 29.9 Å². The summed E-state index contributed by atoms with van der Waals surface area (Å²) in [5.74, 6) is -0.837. The number of aryl methyl sites for hydroxylation is 1. The van der Waals surface area contributed by atoms with Gasteiger partial charge in [-0.15, -0.1) is 0 Å². The van der Waals surface area contributed by atoms with Gasteiger partial charge in [0.15, 0.2) is 5.82 Å². The Balaban J connectivity index is 1.76. The van der Waals surface area contributed by atoms with E-state index in [0.29, 0.717) is 36.2 Å². The third-order valence-corrected chi connectivity index (χ3v) is 7.12. The summed E-state index contributed by atoms with van der Waals surface area (Å²) in [6, 6.07) is 7.65. The minimum Gasteiger partial charge on any atom is -0.480 e. The number of rotatable bonds is 6. The van der Waals surface area contributed by atoms with Crippen LogP contribution in [0.15, 0.2) is 41.2 Å². The first-order valence-corrected chi connectivity index (χ1v) is 12.2. The predicted molar refractivity (Wildman–Crippen MR) is 134 cm³/mol. The van der Waals surface area contributed by atoms with Gasteiger partial charge in [0.05, 0.1) is 11.1 Å². The van der Waals surface area contributed by atoms with E-state index in [9.17, 15) is 33.1 Å². The maximum Gasteiger partial charge on any atom is 0.416 e. The first-order chi connectivity index (χ1) is 18.0. The Morgan fingerprint density at radius 3 is 2.32 bits per heavy atom. The molecule has 4 rings (SSSR count). The Kier molecular flexibility index (Phi) is 7.42. The molecule has 1 aromatic carbocycles. The molecule has 38 heavy (non-hydrogen) atoms. The van der Waals surface area contributed by atoms with Crippen LogP contribution in [0.25, 0.3) is 11.0 Å². The maximum atomic E-state index is 13.1. The molecule has 2 unspecified atom stereocenters. The lowest BCUT2D eigenvalue weighted by molar-refractivity contribution is -0.145. The summed E-state index contributed by atoms with van der Waals surface area (Å²) in [5.41, 5.74) is -0.00197. The lowest BCUT2D eigenvalue weighted by atomic mass is 9.95. The molecule has 0 aliphatic carbocycles. The summed E-state index contributed by atoms with van der Waals surface area (Å²) in [6.45, 7) is 4.40. The van der Waals surface area contributed by atoms with Gasteiger partial charge in [0, 0.05) is 32.2 Å². The van der Waals surface area contributed by atoms with Gasteiger partial charge in [-0.2, -0.15) is 23.4 Å². The topological polar surface area (TPSA) is 115 Å². The molecular formula is C26H27F3N6O3. The summed E-state index contributed by atoms with van der Waals surface area (Å²) in [4.78, 5) is 37.6. The molecule has 9 nitrogen and oxygen atoms in total. The number of piperazine rings is 1. The van der Waals surface area contributed by atoms with E-state index < -0.39 is 29.4 Å². The molecule has 0 spiro atoms. The quantitative estimate of drug-likeness (QED) is 0.515. The van der Waals surface area contributed by atoms with Gasteiger partial charge in [-0.25, -0.2) is 9.78 Å². The zero-order valence-corrected chi connectivity index (χ0v) is 21.1. The Labute approximate surface area is 216 Å². The van der Waals surface area contributed by atoms with Crippen molar-refractivity contribution in [1.29, 1.82) is 5.26 Å². The number of carbonyl (C=O) groups is 1. The number of fused-ring (bicyclic) bond motifs is 1. The normalized spacial score (nSPS) is 19.3. The van der Waals surface area contributed by atoms with Crippen LogP contribution in [-0.4, -0.2) is 55.7 Å². The van der Waals surface area contributed by atoms with Crippen LogP contribution in [0.5, 0.6) is 0 Å². The summed E-state index contributed by atoms with van der Waals surface area (Å²) in [6.07, 6.45) is -3.41. The number of halogens is 3. The zero-order chi connectivity index (χ0) is 27.8. The molecule has 1 fully saturated rings. The zero-order valence-electron chi connectivity index (χ0n) is 21.1. The third-order valence-electron chi connectivity index (χ3n) is 7.12. The van der Waals surface area contributed by atoms with Crippen LogP contribution in [0.4, 0.5) is 19.0 Å². The number of aromatic nitrogens is 3. The second kappa shape index (κ2) is 10.4. The molecule has 0 radical (unpaired) electrons. The van der Waals surface area contributed by atoms with Crippen LogP contribution < -0.4 is 10.6 Å². The molecular weight excluding hydrogens is 501 g/mol. The van der Waals surface area contributed by atoms with E-state index >= 15 is 0 Å². The molecule has 3 atom stereocenters. The maximum absolute atomic E-state index is 13.1. The summed E-state index contributed by atoms with van der Waals surface area (Å²) < 4.78 is 40.6. The highest BCUT2D eigenvalue weighted by Gasteiger charge is 2.41. The van der Waals surface area contributed by atoms with Crippen molar-refractivity contribution in [3.63, 3.8) is 0 Å². The highest BCUT2D eigenvalue weighted by Crippen LogP contribution is 2.35.